The maximum absolute atomic E-state index is 14.1. The van der Waals surface area contributed by atoms with Crippen molar-refractivity contribution in [1.82, 2.24) is 14.3 Å². The fourth-order valence-corrected chi connectivity index (χ4v) is 3.79. The molecule has 0 amide bonds. The first-order valence-corrected chi connectivity index (χ1v) is 10.8. The van der Waals surface area contributed by atoms with Crippen molar-refractivity contribution in [3.63, 3.8) is 0 Å². The van der Waals surface area contributed by atoms with Crippen LogP contribution in [0.2, 0.25) is 5.02 Å². The lowest BCUT2D eigenvalue weighted by Gasteiger charge is -2.19. The summed E-state index contributed by atoms with van der Waals surface area (Å²) in [4.78, 5) is 12.7. The SMILES string of the molecule is CCOC(=O)n1cc(-c2cccc(OC)c2Cl)cc1-c1cnn(CCC(C)(C)O)c1C(F)(F)F. The Bertz CT molecular complexity index is 1180. The zero-order valence-electron chi connectivity index (χ0n) is 19.1. The molecule has 34 heavy (non-hydrogen) atoms. The molecule has 1 aromatic carbocycles. The van der Waals surface area contributed by atoms with Crippen molar-refractivity contribution in [3.05, 3.63) is 47.4 Å². The van der Waals surface area contributed by atoms with Gasteiger partial charge in [-0.2, -0.15) is 18.3 Å². The zero-order valence-corrected chi connectivity index (χ0v) is 19.9. The predicted octanol–water partition coefficient (Wildman–Crippen LogP) is 5.87. The van der Waals surface area contributed by atoms with Gasteiger partial charge in [0.25, 0.3) is 0 Å². The number of alkyl halides is 3. The molecule has 2 aromatic heterocycles. The molecule has 2 heterocycles. The van der Waals surface area contributed by atoms with Gasteiger partial charge in [-0.3, -0.25) is 9.25 Å². The van der Waals surface area contributed by atoms with E-state index in [1.54, 1.807) is 25.1 Å². The van der Waals surface area contributed by atoms with Gasteiger partial charge in [-0.15, -0.1) is 0 Å². The predicted molar refractivity (Wildman–Crippen MR) is 121 cm³/mol. The van der Waals surface area contributed by atoms with E-state index < -0.39 is 23.6 Å². The number of aryl methyl sites for hydroxylation is 1. The van der Waals surface area contributed by atoms with Crippen LogP contribution < -0.4 is 4.74 Å². The summed E-state index contributed by atoms with van der Waals surface area (Å²) in [6, 6.07) is 6.40. The Hall–Kier alpha value is -2.98. The van der Waals surface area contributed by atoms with Gasteiger partial charge in [0.15, 0.2) is 5.69 Å². The number of halogens is 4. The molecule has 0 saturated carbocycles. The van der Waals surface area contributed by atoms with Crippen LogP contribution in [0.25, 0.3) is 22.4 Å². The number of methoxy groups -OCH3 is 1. The van der Waals surface area contributed by atoms with Gasteiger partial charge in [0, 0.05) is 29.4 Å². The van der Waals surface area contributed by atoms with Crippen molar-refractivity contribution < 1.29 is 32.5 Å². The Balaban J connectivity index is 2.21. The first kappa shape index (κ1) is 25.6. The molecule has 3 aromatic rings. The van der Waals surface area contributed by atoms with Gasteiger partial charge >= 0.3 is 12.3 Å². The molecule has 0 spiro atoms. The first-order valence-electron chi connectivity index (χ1n) is 10.5. The number of aliphatic hydroxyl groups is 1. The molecule has 0 saturated heterocycles. The summed E-state index contributed by atoms with van der Waals surface area (Å²) >= 11 is 6.41. The molecule has 7 nitrogen and oxygen atoms in total. The number of carbonyl (C=O) groups excluding carboxylic acids is 1. The minimum atomic E-state index is -4.77. The van der Waals surface area contributed by atoms with E-state index in [0.717, 1.165) is 15.4 Å². The monoisotopic (exact) mass is 499 g/mol. The smallest absolute Gasteiger partial charge is 0.433 e. The third-order valence-electron chi connectivity index (χ3n) is 5.10. The number of hydrogen-bond donors (Lipinski definition) is 1. The Morgan fingerprint density at radius 2 is 1.94 bits per heavy atom. The maximum atomic E-state index is 14.1. The lowest BCUT2D eigenvalue weighted by atomic mass is 10.1. The highest BCUT2D eigenvalue weighted by molar-refractivity contribution is 6.34. The van der Waals surface area contributed by atoms with Crippen LogP contribution in [0.5, 0.6) is 5.75 Å². The van der Waals surface area contributed by atoms with Crippen molar-refractivity contribution in [2.45, 2.75) is 45.5 Å². The zero-order chi connectivity index (χ0) is 25.3. The van der Waals surface area contributed by atoms with Gasteiger partial charge in [-0.25, -0.2) is 4.79 Å². The molecule has 184 valence electrons. The van der Waals surface area contributed by atoms with Crippen LogP contribution in [0.1, 0.15) is 32.9 Å². The van der Waals surface area contributed by atoms with Crippen LogP contribution in [0.4, 0.5) is 18.0 Å². The first-order chi connectivity index (χ1) is 15.9. The Morgan fingerprint density at radius 3 is 2.53 bits per heavy atom. The molecule has 11 heteroatoms. The Kier molecular flexibility index (Phi) is 7.32. The number of hydrogen-bond acceptors (Lipinski definition) is 5. The van der Waals surface area contributed by atoms with Gasteiger partial charge in [-0.05, 0) is 39.3 Å². The van der Waals surface area contributed by atoms with Crippen LogP contribution in [-0.4, -0.2) is 44.9 Å². The summed E-state index contributed by atoms with van der Waals surface area (Å²) < 4.78 is 54.5. The largest absolute Gasteiger partial charge is 0.495 e. The quantitative estimate of drug-likeness (QED) is 0.440. The van der Waals surface area contributed by atoms with Crippen molar-refractivity contribution in [2.75, 3.05) is 13.7 Å². The summed E-state index contributed by atoms with van der Waals surface area (Å²) in [5.74, 6) is 0.375. The summed E-state index contributed by atoms with van der Waals surface area (Å²) in [5.41, 5.74) is -1.73. The minimum absolute atomic E-state index is 0.0304. The second-order valence-corrected chi connectivity index (χ2v) is 8.57. The van der Waals surface area contributed by atoms with Crippen molar-refractivity contribution >= 4 is 17.7 Å². The molecule has 0 fully saturated rings. The van der Waals surface area contributed by atoms with E-state index in [1.807, 2.05) is 0 Å². The third kappa shape index (κ3) is 5.39. The van der Waals surface area contributed by atoms with Crippen molar-refractivity contribution in [2.24, 2.45) is 0 Å². The van der Waals surface area contributed by atoms with E-state index in [0.29, 0.717) is 16.9 Å². The molecular weight excluding hydrogens is 475 g/mol. The molecular formula is C23H25ClF3N3O4. The highest BCUT2D eigenvalue weighted by Crippen LogP contribution is 2.41. The number of aromatic nitrogens is 3. The lowest BCUT2D eigenvalue weighted by molar-refractivity contribution is -0.144. The average Bonchev–Trinajstić information content (AvgIpc) is 3.36. The maximum Gasteiger partial charge on any atom is 0.433 e. The van der Waals surface area contributed by atoms with E-state index in [2.05, 4.69) is 5.10 Å². The molecule has 0 aliphatic rings. The number of rotatable bonds is 7. The van der Waals surface area contributed by atoms with Crippen molar-refractivity contribution in [3.8, 4) is 28.1 Å². The molecule has 0 radical (unpaired) electrons. The third-order valence-corrected chi connectivity index (χ3v) is 5.49. The molecule has 0 atom stereocenters. The minimum Gasteiger partial charge on any atom is -0.495 e. The highest BCUT2D eigenvalue weighted by atomic mass is 35.5. The van der Waals surface area contributed by atoms with E-state index in [-0.39, 0.29) is 35.9 Å². The molecule has 0 unspecified atom stereocenters. The number of nitrogens with zero attached hydrogens (tertiary/aromatic N) is 3. The normalized spacial score (nSPS) is 12.1. The van der Waals surface area contributed by atoms with E-state index in [1.165, 1.54) is 33.2 Å². The van der Waals surface area contributed by atoms with Gasteiger partial charge in [0.05, 0.1) is 36.2 Å². The topological polar surface area (TPSA) is 78.5 Å². The van der Waals surface area contributed by atoms with E-state index >= 15 is 0 Å². The van der Waals surface area contributed by atoms with Crippen LogP contribution in [0.15, 0.2) is 36.7 Å². The summed E-state index contributed by atoms with van der Waals surface area (Å²) in [6.07, 6.45) is -3.17. The lowest BCUT2D eigenvalue weighted by Crippen LogP contribution is -2.24. The summed E-state index contributed by atoms with van der Waals surface area (Å²) in [6.45, 7) is 4.45. The molecule has 0 aliphatic carbocycles. The van der Waals surface area contributed by atoms with E-state index in [9.17, 15) is 23.1 Å². The second kappa shape index (κ2) is 9.71. The number of ether oxygens (including phenoxy) is 2. The Morgan fingerprint density at radius 1 is 1.24 bits per heavy atom. The van der Waals surface area contributed by atoms with Crippen LogP contribution in [0, 0.1) is 0 Å². The number of carbonyl (C=O) groups is 1. The summed E-state index contributed by atoms with van der Waals surface area (Å²) in [7, 11) is 1.44. The van der Waals surface area contributed by atoms with Crippen molar-refractivity contribution in [1.29, 1.82) is 0 Å². The Labute approximate surface area is 199 Å². The molecule has 1 N–H and O–H groups in total. The molecule has 0 aliphatic heterocycles. The average molecular weight is 500 g/mol. The van der Waals surface area contributed by atoms with Crippen LogP contribution >= 0.6 is 11.6 Å². The standard InChI is InChI=1S/C23H25ClF3N3O4/c1-5-34-21(31)29-13-14(15-7-6-8-18(33-4)19(15)24)11-17(29)16-12-28-30(10-9-22(2,3)32)20(16)23(25,26)27/h6-8,11-13,32H,5,9-10H2,1-4H3. The van der Waals surface area contributed by atoms with E-state index in [4.69, 9.17) is 21.1 Å². The summed E-state index contributed by atoms with van der Waals surface area (Å²) in [5, 5.41) is 14.1. The highest BCUT2D eigenvalue weighted by Gasteiger charge is 2.40. The van der Waals surface area contributed by atoms with Gasteiger partial charge in [-0.1, -0.05) is 23.7 Å². The fourth-order valence-electron chi connectivity index (χ4n) is 3.47. The van der Waals surface area contributed by atoms with Gasteiger partial charge in [0.1, 0.15) is 5.75 Å². The number of benzene rings is 1. The van der Waals surface area contributed by atoms with Crippen LogP contribution in [-0.2, 0) is 17.5 Å². The van der Waals surface area contributed by atoms with Gasteiger partial charge in [0.2, 0.25) is 0 Å². The molecule has 0 bridgehead atoms. The van der Waals surface area contributed by atoms with Gasteiger partial charge < -0.3 is 14.6 Å². The van der Waals surface area contributed by atoms with Crippen LogP contribution in [0.3, 0.4) is 0 Å². The fraction of sp³-hybridized carbons (Fsp3) is 0.391. The second-order valence-electron chi connectivity index (χ2n) is 8.19. The molecule has 3 rings (SSSR count).